The Hall–Kier alpha value is -0.580. The van der Waals surface area contributed by atoms with Gasteiger partial charge in [-0.25, -0.2) is 0 Å². The molecule has 0 fully saturated rings. The molecule has 0 saturated heterocycles. The molecule has 1 heterocycles. The molecule has 1 aromatic rings. The summed E-state index contributed by atoms with van der Waals surface area (Å²) < 4.78 is 11.7. The highest BCUT2D eigenvalue weighted by molar-refractivity contribution is 9.10. The van der Waals surface area contributed by atoms with Gasteiger partial charge in [-0.2, -0.15) is 0 Å². The SMILES string of the molecule is CC(CN)c1cc(Br)c2c(c1)COCO2. The maximum absolute atomic E-state index is 5.65. The molecule has 0 saturated carbocycles. The third-order valence-electron chi connectivity index (χ3n) is 2.61. The van der Waals surface area contributed by atoms with Crippen LogP contribution in [0.2, 0.25) is 0 Å². The molecule has 1 aliphatic rings. The molecule has 0 radical (unpaired) electrons. The standard InChI is InChI=1S/C11H14BrNO2/c1-7(4-13)8-2-9-5-14-6-15-11(9)10(12)3-8/h2-3,7H,4-6,13H2,1H3. The van der Waals surface area contributed by atoms with Crippen molar-refractivity contribution in [2.75, 3.05) is 13.3 Å². The fraction of sp³-hybridized carbons (Fsp3) is 0.455. The van der Waals surface area contributed by atoms with Gasteiger partial charge in [0.05, 0.1) is 11.1 Å². The van der Waals surface area contributed by atoms with Gasteiger partial charge in [0.2, 0.25) is 0 Å². The Morgan fingerprint density at radius 3 is 3.07 bits per heavy atom. The van der Waals surface area contributed by atoms with E-state index in [-0.39, 0.29) is 0 Å². The molecule has 0 aliphatic carbocycles. The van der Waals surface area contributed by atoms with Gasteiger partial charge in [-0.1, -0.05) is 6.92 Å². The molecule has 1 unspecified atom stereocenters. The Morgan fingerprint density at radius 2 is 2.33 bits per heavy atom. The van der Waals surface area contributed by atoms with Gasteiger partial charge in [-0.3, -0.25) is 0 Å². The number of hydrogen-bond acceptors (Lipinski definition) is 3. The highest BCUT2D eigenvalue weighted by Gasteiger charge is 2.16. The van der Waals surface area contributed by atoms with Crippen molar-refractivity contribution in [3.8, 4) is 5.75 Å². The molecule has 82 valence electrons. The lowest BCUT2D eigenvalue weighted by Gasteiger charge is -2.21. The lowest BCUT2D eigenvalue weighted by molar-refractivity contribution is -0.0169. The third kappa shape index (κ3) is 2.17. The highest BCUT2D eigenvalue weighted by atomic mass is 79.9. The molecule has 2 rings (SSSR count). The maximum Gasteiger partial charge on any atom is 0.189 e. The summed E-state index contributed by atoms with van der Waals surface area (Å²) >= 11 is 3.51. The zero-order valence-corrected chi connectivity index (χ0v) is 10.2. The zero-order chi connectivity index (χ0) is 10.8. The van der Waals surface area contributed by atoms with Gasteiger partial charge in [0.15, 0.2) is 6.79 Å². The van der Waals surface area contributed by atoms with Crippen molar-refractivity contribution in [3.05, 3.63) is 27.7 Å². The number of rotatable bonds is 2. The molecule has 0 bridgehead atoms. The quantitative estimate of drug-likeness (QED) is 0.899. The molecule has 2 N–H and O–H groups in total. The van der Waals surface area contributed by atoms with E-state index >= 15 is 0 Å². The third-order valence-corrected chi connectivity index (χ3v) is 3.20. The minimum Gasteiger partial charge on any atom is -0.466 e. The van der Waals surface area contributed by atoms with E-state index in [0.29, 0.717) is 25.9 Å². The predicted molar refractivity (Wildman–Crippen MR) is 61.9 cm³/mol. The van der Waals surface area contributed by atoms with Crippen LogP contribution in [0.1, 0.15) is 24.0 Å². The second kappa shape index (κ2) is 4.51. The molecule has 3 nitrogen and oxygen atoms in total. The second-order valence-electron chi connectivity index (χ2n) is 3.74. The Bertz CT molecular complexity index is 368. The van der Waals surface area contributed by atoms with Crippen molar-refractivity contribution in [2.24, 2.45) is 5.73 Å². The predicted octanol–water partition coefficient (Wildman–Crippen LogP) is 2.38. The zero-order valence-electron chi connectivity index (χ0n) is 8.63. The molecule has 1 aliphatic heterocycles. The van der Waals surface area contributed by atoms with E-state index in [2.05, 4.69) is 35.0 Å². The number of ether oxygens (including phenoxy) is 2. The topological polar surface area (TPSA) is 44.5 Å². The van der Waals surface area contributed by atoms with Crippen LogP contribution < -0.4 is 10.5 Å². The molecule has 4 heteroatoms. The monoisotopic (exact) mass is 271 g/mol. The Morgan fingerprint density at radius 1 is 1.53 bits per heavy atom. The van der Waals surface area contributed by atoms with Gasteiger partial charge >= 0.3 is 0 Å². The van der Waals surface area contributed by atoms with Gasteiger partial charge in [0.1, 0.15) is 5.75 Å². The van der Waals surface area contributed by atoms with Crippen LogP contribution in [0, 0.1) is 0 Å². The molecule has 15 heavy (non-hydrogen) atoms. The fourth-order valence-electron chi connectivity index (χ4n) is 1.62. The summed E-state index contributed by atoms with van der Waals surface area (Å²) in [6, 6.07) is 4.18. The molecular formula is C11H14BrNO2. The average Bonchev–Trinajstić information content (AvgIpc) is 2.28. The van der Waals surface area contributed by atoms with Gasteiger partial charge < -0.3 is 15.2 Å². The van der Waals surface area contributed by atoms with Crippen LogP contribution in [-0.2, 0) is 11.3 Å². The van der Waals surface area contributed by atoms with E-state index in [4.69, 9.17) is 15.2 Å². The summed E-state index contributed by atoms with van der Waals surface area (Å²) in [5.74, 6) is 1.25. The Kier molecular flexibility index (Phi) is 3.29. The van der Waals surface area contributed by atoms with Crippen LogP contribution in [0.15, 0.2) is 16.6 Å². The molecule has 0 aromatic heterocycles. The van der Waals surface area contributed by atoms with Crippen molar-refractivity contribution in [1.29, 1.82) is 0 Å². The molecule has 1 atom stereocenters. The Balaban J connectivity index is 2.40. The van der Waals surface area contributed by atoms with E-state index in [1.807, 2.05) is 0 Å². The van der Waals surface area contributed by atoms with E-state index in [0.717, 1.165) is 15.8 Å². The summed E-state index contributed by atoms with van der Waals surface area (Å²) in [5, 5.41) is 0. The lowest BCUT2D eigenvalue weighted by atomic mass is 9.99. The summed E-state index contributed by atoms with van der Waals surface area (Å²) in [5.41, 5.74) is 7.96. The minimum atomic E-state index is 0.331. The normalized spacial score (nSPS) is 16.7. The van der Waals surface area contributed by atoms with E-state index < -0.39 is 0 Å². The first-order chi connectivity index (χ1) is 7.22. The largest absolute Gasteiger partial charge is 0.466 e. The average molecular weight is 272 g/mol. The van der Waals surface area contributed by atoms with Crippen molar-refractivity contribution < 1.29 is 9.47 Å². The summed E-state index contributed by atoms with van der Waals surface area (Å²) in [4.78, 5) is 0. The smallest absolute Gasteiger partial charge is 0.189 e. The van der Waals surface area contributed by atoms with Gasteiger partial charge in [0.25, 0.3) is 0 Å². The highest BCUT2D eigenvalue weighted by Crippen LogP contribution is 2.35. The number of halogens is 1. The van der Waals surface area contributed by atoms with Crippen LogP contribution >= 0.6 is 15.9 Å². The van der Waals surface area contributed by atoms with Gasteiger partial charge in [-0.15, -0.1) is 0 Å². The van der Waals surface area contributed by atoms with Gasteiger partial charge in [0, 0.05) is 5.56 Å². The van der Waals surface area contributed by atoms with Crippen LogP contribution in [0.5, 0.6) is 5.75 Å². The minimum absolute atomic E-state index is 0.331. The Labute approximate surface area is 97.7 Å². The van der Waals surface area contributed by atoms with E-state index in [1.165, 1.54) is 5.56 Å². The van der Waals surface area contributed by atoms with E-state index in [1.54, 1.807) is 0 Å². The summed E-state index contributed by atoms with van der Waals surface area (Å²) in [7, 11) is 0. The van der Waals surface area contributed by atoms with Gasteiger partial charge in [-0.05, 0) is 46.1 Å². The number of nitrogens with two attached hydrogens (primary N) is 1. The van der Waals surface area contributed by atoms with Crippen molar-refractivity contribution >= 4 is 15.9 Å². The van der Waals surface area contributed by atoms with Crippen molar-refractivity contribution in [2.45, 2.75) is 19.4 Å². The summed E-state index contributed by atoms with van der Waals surface area (Å²) in [6.07, 6.45) is 0. The molecule has 0 spiro atoms. The first-order valence-corrected chi connectivity index (χ1v) is 5.74. The fourth-order valence-corrected chi connectivity index (χ4v) is 2.25. The van der Waals surface area contributed by atoms with Crippen molar-refractivity contribution in [3.63, 3.8) is 0 Å². The van der Waals surface area contributed by atoms with Crippen LogP contribution in [-0.4, -0.2) is 13.3 Å². The maximum atomic E-state index is 5.65. The summed E-state index contributed by atoms with van der Waals surface area (Å²) in [6.45, 7) is 3.70. The van der Waals surface area contributed by atoms with Crippen LogP contribution in [0.25, 0.3) is 0 Å². The van der Waals surface area contributed by atoms with Crippen LogP contribution in [0.4, 0.5) is 0 Å². The van der Waals surface area contributed by atoms with E-state index in [9.17, 15) is 0 Å². The lowest BCUT2D eigenvalue weighted by Crippen LogP contribution is -2.14. The molecule has 0 amide bonds. The van der Waals surface area contributed by atoms with Crippen molar-refractivity contribution in [1.82, 2.24) is 0 Å². The first-order valence-electron chi connectivity index (χ1n) is 4.95. The second-order valence-corrected chi connectivity index (χ2v) is 4.59. The number of hydrogen-bond donors (Lipinski definition) is 1. The molecule has 1 aromatic carbocycles. The number of benzene rings is 1. The molecular weight excluding hydrogens is 258 g/mol. The first kappa shape index (κ1) is 10.9. The van der Waals surface area contributed by atoms with Crippen LogP contribution in [0.3, 0.4) is 0 Å². The number of fused-ring (bicyclic) bond motifs is 1.